The van der Waals surface area contributed by atoms with Crippen molar-refractivity contribution in [1.29, 1.82) is 0 Å². The zero-order chi connectivity index (χ0) is 12.0. The van der Waals surface area contributed by atoms with Gasteiger partial charge in [0.2, 0.25) is 5.24 Å². The molecule has 0 aromatic heterocycles. The Hall–Kier alpha value is -1.62. The van der Waals surface area contributed by atoms with Crippen LogP contribution < -0.4 is 4.74 Å². The minimum absolute atomic E-state index is 0.0223. The summed E-state index contributed by atoms with van der Waals surface area (Å²) in [6.07, 6.45) is 0.724. The Kier molecular flexibility index (Phi) is 4.72. The van der Waals surface area contributed by atoms with Crippen LogP contribution in [-0.2, 0) is 4.79 Å². The van der Waals surface area contributed by atoms with E-state index in [9.17, 15) is 14.9 Å². The fraction of sp³-hybridized carbons (Fsp3) is 0.300. The van der Waals surface area contributed by atoms with Crippen molar-refractivity contribution in [2.24, 2.45) is 0 Å². The number of hydrogen-bond donors (Lipinski definition) is 0. The quantitative estimate of drug-likeness (QED) is 0.333. The molecule has 6 heteroatoms. The molecule has 0 aliphatic carbocycles. The van der Waals surface area contributed by atoms with E-state index >= 15 is 0 Å². The summed E-state index contributed by atoms with van der Waals surface area (Å²) in [7, 11) is 0. The molecule has 0 aliphatic rings. The average molecular weight is 244 g/mol. The molecule has 0 N–H and O–H groups in total. The predicted octanol–water partition coefficient (Wildman–Crippen LogP) is 2.52. The van der Waals surface area contributed by atoms with Gasteiger partial charge in [-0.3, -0.25) is 14.9 Å². The average Bonchev–Trinajstić information content (AvgIpc) is 2.24. The highest BCUT2D eigenvalue weighted by Gasteiger charge is 2.06. The first-order valence-electron chi connectivity index (χ1n) is 4.65. The Labute approximate surface area is 97.1 Å². The van der Waals surface area contributed by atoms with Crippen LogP contribution in [0.3, 0.4) is 0 Å². The van der Waals surface area contributed by atoms with E-state index in [1.54, 1.807) is 12.1 Å². The molecule has 1 rings (SSSR count). The molecule has 1 aromatic rings. The number of ether oxygens (including phenoxy) is 1. The molecule has 86 valence electrons. The molecule has 0 saturated carbocycles. The van der Waals surface area contributed by atoms with Gasteiger partial charge in [-0.05, 0) is 24.1 Å². The van der Waals surface area contributed by atoms with Crippen LogP contribution in [0.1, 0.15) is 12.8 Å². The maximum atomic E-state index is 10.5. The predicted molar refractivity (Wildman–Crippen MR) is 58.7 cm³/mol. The van der Waals surface area contributed by atoms with Crippen LogP contribution in [0.25, 0.3) is 0 Å². The third-order valence-electron chi connectivity index (χ3n) is 1.81. The van der Waals surface area contributed by atoms with E-state index in [0.717, 1.165) is 0 Å². The summed E-state index contributed by atoms with van der Waals surface area (Å²) in [5.41, 5.74) is -0.0223. The number of nitro benzene ring substituents is 1. The molecule has 0 aliphatic heterocycles. The molecule has 0 fully saturated rings. The highest BCUT2D eigenvalue weighted by atomic mass is 35.5. The second-order valence-corrected chi connectivity index (χ2v) is 3.48. The number of hydrogen-bond acceptors (Lipinski definition) is 4. The molecule has 0 amide bonds. The molecule has 0 atom stereocenters. The summed E-state index contributed by atoms with van der Waals surface area (Å²) in [5, 5.41) is 10.0. The second kappa shape index (κ2) is 6.07. The van der Waals surface area contributed by atoms with Crippen LogP contribution in [0.4, 0.5) is 5.69 Å². The third-order valence-corrected chi connectivity index (χ3v) is 2.00. The number of nitro groups is 1. The van der Waals surface area contributed by atoms with Crippen molar-refractivity contribution in [3.05, 3.63) is 34.4 Å². The van der Waals surface area contributed by atoms with Crippen molar-refractivity contribution >= 4 is 22.5 Å². The van der Waals surface area contributed by atoms with Crippen LogP contribution in [0.2, 0.25) is 0 Å². The minimum Gasteiger partial charge on any atom is -0.493 e. The standard InChI is InChI=1S/C10H10ClNO4/c11-10(13)5-2-6-16-9-4-1-3-8(7-9)12(14)15/h1,3-4,7H,2,5-6H2. The topological polar surface area (TPSA) is 69.4 Å². The minimum atomic E-state index is -0.491. The summed E-state index contributed by atoms with van der Waals surface area (Å²) in [6.45, 7) is 0.305. The number of halogens is 1. The molecular formula is C10H10ClNO4. The van der Waals surface area contributed by atoms with Gasteiger partial charge in [0.15, 0.2) is 0 Å². The van der Waals surface area contributed by atoms with Gasteiger partial charge >= 0.3 is 0 Å². The summed E-state index contributed by atoms with van der Waals surface area (Å²) in [5.74, 6) is 0.413. The van der Waals surface area contributed by atoms with Crippen LogP contribution in [0.5, 0.6) is 5.75 Å². The first-order valence-corrected chi connectivity index (χ1v) is 5.03. The fourth-order valence-corrected chi connectivity index (χ4v) is 1.22. The number of carbonyl (C=O) groups is 1. The monoisotopic (exact) mass is 243 g/mol. The molecule has 0 unspecified atom stereocenters. The Bertz CT molecular complexity index is 394. The Morgan fingerprint density at radius 1 is 1.50 bits per heavy atom. The van der Waals surface area contributed by atoms with Gasteiger partial charge in [0.25, 0.3) is 5.69 Å². The van der Waals surface area contributed by atoms with Gasteiger partial charge in [-0.2, -0.15) is 0 Å². The zero-order valence-electron chi connectivity index (χ0n) is 8.39. The molecule has 0 heterocycles. The van der Waals surface area contributed by atoms with Crippen LogP contribution in [0.15, 0.2) is 24.3 Å². The van der Waals surface area contributed by atoms with Gasteiger partial charge in [-0.1, -0.05) is 6.07 Å². The maximum Gasteiger partial charge on any atom is 0.273 e. The lowest BCUT2D eigenvalue weighted by Crippen LogP contribution is -1.99. The normalized spacial score (nSPS) is 9.81. The summed E-state index contributed by atoms with van der Waals surface area (Å²) in [4.78, 5) is 20.4. The van der Waals surface area contributed by atoms with Gasteiger partial charge in [0.05, 0.1) is 17.6 Å². The van der Waals surface area contributed by atoms with Crippen molar-refractivity contribution in [3.8, 4) is 5.75 Å². The fourth-order valence-electron chi connectivity index (χ4n) is 1.09. The zero-order valence-corrected chi connectivity index (χ0v) is 9.14. The first-order chi connectivity index (χ1) is 7.59. The maximum absolute atomic E-state index is 10.5. The van der Waals surface area contributed by atoms with E-state index in [-0.39, 0.29) is 12.1 Å². The number of benzene rings is 1. The van der Waals surface area contributed by atoms with Crippen LogP contribution in [-0.4, -0.2) is 16.8 Å². The molecule has 0 radical (unpaired) electrons. The van der Waals surface area contributed by atoms with E-state index in [0.29, 0.717) is 18.8 Å². The lowest BCUT2D eigenvalue weighted by Gasteiger charge is -2.04. The molecule has 0 bridgehead atoms. The van der Waals surface area contributed by atoms with Crippen molar-refractivity contribution < 1.29 is 14.5 Å². The second-order valence-electron chi connectivity index (χ2n) is 3.06. The number of rotatable bonds is 6. The third kappa shape index (κ3) is 4.27. The number of carbonyl (C=O) groups excluding carboxylic acids is 1. The van der Waals surface area contributed by atoms with Gasteiger partial charge in [-0.15, -0.1) is 0 Å². The van der Waals surface area contributed by atoms with Crippen molar-refractivity contribution in [1.82, 2.24) is 0 Å². The summed E-state index contributed by atoms with van der Waals surface area (Å²) >= 11 is 5.14. The smallest absolute Gasteiger partial charge is 0.273 e. The highest BCUT2D eigenvalue weighted by molar-refractivity contribution is 6.63. The van der Waals surface area contributed by atoms with Gasteiger partial charge in [0.1, 0.15) is 5.75 Å². The summed E-state index contributed by atoms with van der Waals surface area (Å²) < 4.78 is 5.23. The Morgan fingerprint density at radius 3 is 2.88 bits per heavy atom. The van der Waals surface area contributed by atoms with Gasteiger partial charge in [0, 0.05) is 12.5 Å². The molecule has 0 saturated heterocycles. The largest absolute Gasteiger partial charge is 0.493 e. The van der Waals surface area contributed by atoms with E-state index in [1.165, 1.54) is 12.1 Å². The molecule has 16 heavy (non-hydrogen) atoms. The molecule has 0 spiro atoms. The van der Waals surface area contributed by atoms with E-state index in [4.69, 9.17) is 16.3 Å². The molecule has 1 aromatic carbocycles. The Morgan fingerprint density at radius 2 is 2.25 bits per heavy atom. The summed E-state index contributed by atoms with van der Waals surface area (Å²) in [6, 6.07) is 5.88. The molecular weight excluding hydrogens is 234 g/mol. The van der Waals surface area contributed by atoms with Crippen LogP contribution in [0, 0.1) is 10.1 Å². The van der Waals surface area contributed by atoms with E-state index < -0.39 is 10.2 Å². The van der Waals surface area contributed by atoms with Crippen molar-refractivity contribution in [2.45, 2.75) is 12.8 Å². The van der Waals surface area contributed by atoms with Crippen molar-refractivity contribution in [3.63, 3.8) is 0 Å². The SMILES string of the molecule is O=C(Cl)CCCOc1cccc([N+](=O)[O-])c1. The first kappa shape index (κ1) is 12.4. The van der Waals surface area contributed by atoms with E-state index in [1.807, 2.05) is 0 Å². The van der Waals surface area contributed by atoms with Crippen molar-refractivity contribution in [2.75, 3.05) is 6.61 Å². The lowest BCUT2D eigenvalue weighted by atomic mass is 10.3. The van der Waals surface area contributed by atoms with Gasteiger partial charge < -0.3 is 4.74 Å². The molecule has 5 nitrogen and oxygen atoms in total. The number of non-ortho nitro benzene ring substituents is 1. The lowest BCUT2D eigenvalue weighted by molar-refractivity contribution is -0.384. The number of nitrogens with zero attached hydrogens (tertiary/aromatic N) is 1. The highest BCUT2D eigenvalue weighted by Crippen LogP contribution is 2.19. The Balaban J connectivity index is 2.45. The van der Waals surface area contributed by atoms with E-state index in [2.05, 4.69) is 0 Å². The van der Waals surface area contributed by atoms with Crippen LogP contribution >= 0.6 is 11.6 Å². The van der Waals surface area contributed by atoms with Gasteiger partial charge in [-0.25, -0.2) is 0 Å².